The molecule has 0 spiro atoms. The van der Waals surface area contributed by atoms with E-state index in [0.717, 1.165) is 17.7 Å². The second-order valence-electron chi connectivity index (χ2n) is 4.01. The van der Waals surface area contributed by atoms with Gasteiger partial charge in [0.1, 0.15) is 5.75 Å². The van der Waals surface area contributed by atoms with Gasteiger partial charge in [0.15, 0.2) is 0 Å². The first-order valence-corrected chi connectivity index (χ1v) is 5.20. The van der Waals surface area contributed by atoms with Crippen LogP contribution in [-0.4, -0.2) is 21.7 Å². The number of hydrogen-bond donors (Lipinski definition) is 1. The van der Waals surface area contributed by atoms with Gasteiger partial charge in [-0.3, -0.25) is 4.79 Å². The Kier molecular flexibility index (Phi) is 2.64. The lowest BCUT2D eigenvalue weighted by Crippen LogP contribution is -2.24. The summed E-state index contributed by atoms with van der Waals surface area (Å²) in [5.41, 5.74) is 1.95. The largest absolute Gasteiger partial charge is 0.508 e. The van der Waals surface area contributed by atoms with E-state index in [4.69, 9.17) is 0 Å². The maximum atomic E-state index is 11.4. The second kappa shape index (κ2) is 3.96. The van der Waals surface area contributed by atoms with Crippen LogP contribution in [-0.2, 0) is 4.79 Å². The first-order chi connectivity index (χ1) is 7.58. The van der Waals surface area contributed by atoms with Crippen molar-refractivity contribution in [3.8, 4) is 5.75 Å². The fraction of sp³-hybridized carbons (Fsp3) is 0.333. The van der Waals surface area contributed by atoms with Gasteiger partial charge in [0.2, 0.25) is 5.91 Å². The van der Waals surface area contributed by atoms with Crippen LogP contribution in [0.3, 0.4) is 0 Å². The lowest BCUT2D eigenvalue weighted by atomic mass is 10.0. The molecular weight excluding hydrogens is 204 g/mol. The summed E-state index contributed by atoms with van der Waals surface area (Å²) >= 11 is 0. The van der Waals surface area contributed by atoms with Gasteiger partial charge in [-0.1, -0.05) is 12.1 Å². The average Bonchev–Trinajstić information content (AvgIpc) is 2.61. The van der Waals surface area contributed by atoms with Crippen molar-refractivity contribution in [1.29, 1.82) is 0 Å². The third-order valence-electron chi connectivity index (χ3n) is 2.66. The van der Waals surface area contributed by atoms with Crippen molar-refractivity contribution in [2.24, 2.45) is 5.10 Å². The Hall–Kier alpha value is -1.84. The van der Waals surface area contributed by atoms with Gasteiger partial charge in [-0.15, -0.1) is 0 Å². The topological polar surface area (TPSA) is 52.9 Å². The number of rotatable bonds is 1. The molecule has 1 atom stereocenters. The maximum absolute atomic E-state index is 11.4. The number of carbonyl (C=O) groups excluding carboxylic acids is 1. The van der Waals surface area contributed by atoms with Crippen molar-refractivity contribution in [2.45, 2.75) is 26.3 Å². The molecule has 4 heteroatoms. The summed E-state index contributed by atoms with van der Waals surface area (Å²) in [6, 6.07) is 6.87. The molecular formula is C12H14N2O2. The molecule has 2 rings (SSSR count). The second-order valence-corrected chi connectivity index (χ2v) is 4.01. The van der Waals surface area contributed by atoms with Crippen molar-refractivity contribution in [3.05, 3.63) is 29.8 Å². The molecule has 1 N–H and O–H groups in total. The number of nitrogens with zero attached hydrogens (tertiary/aromatic N) is 2. The fourth-order valence-corrected chi connectivity index (χ4v) is 1.91. The minimum Gasteiger partial charge on any atom is -0.508 e. The lowest BCUT2D eigenvalue weighted by Gasteiger charge is -2.20. The zero-order valence-electron chi connectivity index (χ0n) is 9.34. The van der Waals surface area contributed by atoms with Gasteiger partial charge in [0, 0.05) is 19.1 Å². The minimum absolute atomic E-state index is 0.0295. The van der Waals surface area contributed by atoms with E-state index in [0.29, 0.717) is 0 Å². The van der Waals surface area contributed by atoms with Crippen LogP contribution in [0.2, 0.25) is 0 Å². The number of amides is 1. The Labute approximate surface area is 94.2 Å². The first-order valence-electron chi connectivity index (χ1n) is 5.20. The molecule has 0 fully saturated rings. The smallest absolute Gasteiger partial charge is 0.240 e. The van der Waals surface area contributed by atoms with Crippen LogP contribution in [0, 0.1) is 0 Å². The zero-order chi connectivity index (χ0) is 11.7. The molecule has 1 aromatic rings. The molecule has 1 amide bonds. The number of phenols is 1. The maximum Gasteiger partial charge on any atom is 0.240 e. The highest BCUT2D eigenvalue weighted by atomic mass is 16.3. The molecule has 0 unspecified atom stereocenters. The number of benzene rings is 1. The van der Waals surface area contributed by atoms with Crippen LogP contribution >= 0.6 is 0 Å². The minimum atomic E-state index is -0.0603. The summed E-state index contributed by atoms with van der Waals surface area (Å²) in [6.45, 7) is 3.42. The highest BCUT2D eigenvalue weighted by Gasteiger charge is 2.28. The molecule has 1 aliphatic rings. The Bertz CT molecular complexity index is 437. The van der Waals surface area contributed by atoms with E-state index in [1.165, 1.54) is 11.9 Å². The number of hydrazone groups is 1. The standard InChI is InChI=1S/C12H14N2O2/c1-8-7-12(14(13-8)9(2)15)10-3-5-11(16)6-4-10/h3-6,12,16H,7H2,1-2H3/t12-/m0/s1. The number of phenolic OH excluding ortho intramolecular Hbond substituents is 1. The molecule has 1 heterocycles. The quantitative estimate of drug-likeness (QED) is 0.784. The molecule has 0 aliphatic carbocycles. The van der Waals surface area contributed by atoms with Crippen molar-refractivity contribution in [1.82, 2.24) is 5.01 Å². The summed E-state index contributed by atoms with van der Waals surface area (Å²) in [4.78, 5) is 11.4. The van der Waals surface area contributed by atoms with Gasteiger partial charge in [-0.25, -0.2) is 5.01 Å². The highest BCUT2D eigenvalue weighted by molar-refractivity contribution is 5.87. The van der Waals surface area contributed by atoms with Crippen molar-refractivity contribution >= 4 is 11.6 Å². The third kappa shape index (κ3) is 1.91. The fourth-order valence-electron chi connectivity index (χ4n) is 1.91. The van der Waals surface area contributed by atoms with Crippen LogP contribution in [0.15, 0.2) is 29.4 Å². The molecule has 16 heavy (non-hydrogen) atoms. The highest BCUT2D eigenvalue weighted by Crippen LogP contribution is 2.31. The Morgan fingerprint density at radius 2 is 2.06 bits per heavy atom. The van der Waals surface area contributed by atoms with Crippen molar-refractivity contribution in [3.63, 3.8) is 0 Å². The monoisotopic (exact) mass is 218 g/mol. The van der Waals surface area contributed by atoms with Crippen LogP contribution in [0.4, 0.5) is 0 Å². The van der Waals surface area contributed by atoms with Gasteiger partial charge >= 0.3 is 0 Å². The van der Waals surface area contributed by atoms with Gasteiger partial charge in [0.05, 0.1) is 6.04 Å². The molecule has 0 aromatic heterocycles. The summed E-state index contributed by atoms with van der Waals surface area (Å²) in [6.07, 6.45) is 0.754. The van der Waals surface area contributed by atoms with Gasteiger partial charge in [-0.05, 0) is 24.6 Å². The van der Waals surface area contributed by atoms with E-state index in [-0.39, 0.29) is 17.7 Å². The van der Waals surface area contributed by atoms with Gasteiger partial charge < -0.3 is 5.11 Å². The summed E-state index contributed by atoms with van der Waals surface area (Å²) in [5, 5.41) is 14.9. The number of aromatic hydroxyl groups is 1. The molecule has 0 saturated carbocycles. The SMILES string of the molecule is CC(=O)N1N=C(C)C[C@H]1c1ccc(O)cc1. The number of hydrogen-bond acceptors (Lipinski definition) is 3. The lowest BCUT2D eigenvalue weighted by molar-refractivity contribution is -0.130. The van der Waals surface area contributed by atoms with Crippen molar-refractivity contribution < 1.29 is 9.90 Å². The molecule has 1 aromatic carbocycles. The van der Waals surface area contributed by atoms with Crippen LogP contribution in [0.1, 0.15) is 31.9 Å². The van der Waals surface area contributed by atoms with Crippen LogP contribution in [0.25, 0.3) is 0 Å². The molecule has 1 aliphatic heterocycles. The van der Waals surface area contributed by atoms with E-state index < -0.39 is 0 Å². The Morgan fingerprint density at radius 1 is 1.44 bits per heavy atom. The molecule has 0 saturated heterocycles. The zero-order valence-corrected chi connectivity index (χ0v) is 9.34. The predicted molar refractivity (Wildman–Crippen MR) is 61.1 cm³/mol. The Morgan fingerprint density at radius 3 is 2.62 bits per heavy atom. The third-order valence-corrected chi connectivity index (χ3v) is 2.66. The van der Waals surface area contributed by atoms with Crippen LogP contribution < -0.4 is 0 Å². The summed E-state index contributed by atoms with van der Waals surface area (Å²) in [7, 11) is 0. The van der Waals surface area contributed by atoms with E-state index in [9.17, 15) is 9.90 Å². The summed E-state index contributed by atoms with van der Waals surface area (Å²) in [5.74, 6) is 0.170. The molecule has 4 nitrogen and oxygen atoms in total. The predicted octanol–water partition coefficient (Wildman–Crippen LogP) is 2.06. The van der Waals surface area contributed by atoms with Gasteiger partial charge in [-0.2, -0.15) is 5.10 Å². The van der Waals surface area contributed by atoms with E-state index in [2.05, 4.69) is 5.10 Å². The molecule has 84 valence electrons. The van der Waals surface area contributed by atoms with Gasteiger partial charge in [0.25, 0.3) is 0 Å². The average molecular weight is 218 g/mol. The van der Waals surface area contributed by atoms with E-state index >= 15 is 0 Å². The van der Waals surface area contributed by atoms with E-state index in [1.54, 1.807) is 12.1 Å². The molecule has 0 bridgehead atoms. The Balaban J connectivity index is 2.28. The number of carbonyl (C=O) groups is 1. The molecule has 0 radical (unpaired) electrons. The van der Waals surface area contributed by atoms with E-state index in [1.807, 2.05) is 19.1 Å². The summed E-state index contributed by atoms with van der Waals surface area (Å²) < 4.78 is 0. The first kappa shape index (κ1) is 10.7. The van der Waals surface area contributed by atoms with Crippen LogP contribution in [0.5, 0.6) is 5.75 Å². The van der Waals surface area contributed by atoms with Crippen molar-refractivity contribution in [2.75, 3.05) is 0 Å². The normalized spacial score (nSPS) is 19.8.